The zero-order valence-corrected chi connectivity index (χ0v) is 15.1. The van der Waals surface area contributed by atoms with Gasteiger partial charge in [0.25, 0.3) is 8.05 Å². The minimum absolute atomic E-state index is 0.0938. The van der Waals surface area contributed by atoms with Crippen LogP contribution in [0.15, 0.2) is 24.3 Å². The molecular formula is C18H27BN2O4. The van der Waals surface area contributed by atoms with E-state index in [4.69, 9.17) is 19.9 Å². The van der Waals surface area contributed by atoms with Crippen molar-refractivity contribution in [2.24, 2.45) is 11.1 Å². The number of benzene rings is 1. The molecular weight excluding hydrogens is 319 g/mol. The van der Waals surface area contributed by atoms with Gasteiger partial charge in [0, 0.05) is 25.1 Å². The first-order valence-electron chi connectivity index (χ1n) is 8.84. The SMILES string of the molecule is BOCC1(CN)CCCC2(CN(Cc3ccc(OC)cc3)C(=O)O2)C1. The third-order valence-electron chi connectivity index (χ3n) is 5.49. The molecule has 7 heteroatoms. The summed E-state index contributed by atoms with van der Waals surface area (Å²) in [5, 5.41) is 0. The molecule has 1 aliphatic heterocycles. The molecule has 1 saturated carbocycles. The topological polar surface area (TPSA) is 74.0 Å². The van der Waals surface area contributed by atoms with E-state index >= 15 is 0 Å². The summed E-state index contributed by atoms with van der Waals surface area (Å²) in [6.07, 6.45) is 3.46. The molecule has 3 rings (SSSR count). The van der Waals surface area contributed by atoms with Crippen LogP contribution in [0.1, 0.15) is 31.2 Å². The van der Waals surface area contributed by atoms with Crippen LogP contribution in [0, 0.1) is 5.41 Å². The monoisotopic (exact) mass is 346 g/mol. The van der Waals surface area contributed by atoms with Crippen LogP contribution in [0.5, 0.6) is 5.75 Å². The van der Waals surface area contributed by atoms with Gasteiger partial charge in [-0.3, -0.25) is 4.90 Å². The quantitative estimate of drug-likeness (QED) is 0.790. The minimum Gasteiger partial charge on any atom is -0.497 e. The molecule has 2 fully saturated rings. The van der Waals surface area contributed by atoms with Crippen molar-refractivity contribution >= 4 is 14.1 Å². The number of rotatable bonds is 6. The minimum atomic E-state index is -0.431. The second-order valence-electron chi connectivity index (χ2n) is 7.42. The average Bonchev–Trinajstić information content (AvgIpc) is 2.90. The third-order valence-corrected chi connectivity index (χ3v) is 5.49. The van der Waals surface area contributed by atoms with E-state index in [9.17, 15) is 4.79 Å². The summed E-state index contributed by atoms with van der Waals surface area (Å²) in [5.41, 5.74) is 6.59. The Bertz CT molecular complexity index is 608. The third kappa shape index (κ3) is 3.77. The Morgan fingerprint density at radius 2 is 2.08 bits per heavy atom. The molecule has 6 nitrogen and oxygen atoms in total. The summed E-state index contributed by atoms with van der Waals surface area (Å²) in [7, 11) is 3.35. The molecule has 0 radical (unpaired) electrons. The van der Waals surface area contributed by atoms with Gasteiger partial charge in [0.2, 0.25) is 0 Å². The van der Waals surface area contributed by atoms with Crippen LogP contribution < -0.4 is 10.5 Å². The largest absolute Gasteiger partial charge is 0.497 e. The number of hydrogen-bond acceptors (Lipinski definition) is 5. The van der Waals surface area contributed by atoms with Crippen molar-refractivity contribution in [3.05, 3.63) is 29.8 Å². The number of carbonyl (C=O) groups is 1. The smallest absolute Gasteiger partial charge is 0.410 e. The molecule has 0 bridgehead atoms. The van der Waals surface area contributed by atoms with Crippen LogP contribution in [0.4, 0.5) is 4.79 Å². The van der Waals surface area contributed by atoms with Crippen molar-refractivity contribution in [3.63, 3.8) is 0 Å². The standard InChI is InChI=1S/C18H27BN2O4/c1-23-15-5-3-14(4-6-15)9-21-12-18(25-16(21)22)8-2-7-17(10-18,11-20)13-24-19/h3-6H,2,7-13,19-20H2,1H3. The highest BCUT2D eigenvalue weighted by atomic mass is 16.6. The number of nitrogens with two attached hydrogens (primary N) is 1. The zero-order chi connectivity index (χ0) is 17.9. The summed E-state index contributed by atoms with van der Waals surface area (Å²) in [5.74, 6) is 0.809. The molecule has 1 aliphatic carbocycles. The predicted octanol–water partition coefficient (Wildman–Crippen LogP) is 1.47. The Hall–Kier alpha value is -1.73. The second-order valence-corrected chi connectivity index (χ2v) is 7.42. The van der Waals surface area contributed by atoms with Crippen LogP contribution in [0.3, 0.4) is 0 Å². The number of hydrogen-bond donors (Lipinski definition) is 1. The molecule has 1 amide bonds. The molecule has 1 heterocycles. The molecule has 1 saturated heterocycles. The molecule has 2 unspecified atom stereocenters. The van der Waals surface area contributed by atoms with Gasteiger partial charge < -0.3 is 19.9 Å². The Morgan fingerprint density at radius 1 is 1.32 bits per heavy atom. The van der Waals surface area contributed by atoms with Gasteiger partial charge in [-0.1, -0.05) is 12.1 Å². The van der Waals surface area contributed by atoms with Gasteiger partial charge >= 0.3 is 6.09 Å². The van der Waals surface area contributed by atoms with E-state index in [1.165, 1.54) is 0 Å². The zero-order valence-electron chi connectivity index (χ0n) is 15.1. The molecule has 2 aliphatic rings. The highest BCUT2D eigenvalue weighted by Gasteiger charge is 2.52. The Kier molecular flexibility index (Phi) is 5.25. The number of amides is 1. The van der Waals surface area contributed by atoms with Crippen LogP contribution in [0.2, 0.25) is 0 Å². The number of methoxy groups -OCH3 is 1. The van der Waals surface area contributed by atoms with E-state index in [2.05, 4.69) is 0 Å². The highest BCUT2D eigenvalue weighted by molar-refractivity contribution is 5.97. The lowest BCUT2D eigenvalue weighted by Gasteiger charge is -2.44. The van der Waals surface area contributed by atoms with E-state index in [1.807, 2.05) is 24.3 Å². The highest BCUT2D eigenvalue weighted by Crippen LogP contribution is 2.46. The van der Waals surface area contributed by atoms with E-state index < -0.39 is 5.60 Å². The summed E-state index contributed by atoms with van der Waals surface area (Å²) >= 11 is 0. The van der Waals surface area contributed by atoms with Crippen LogP contribution in [-0.2, 0) is 15.9 Å². The number of ether oxygens (including phenoxy) is 2. The van der Waals surface area contributed by atoms with Crippen LogP contribution >= 0.6 is 0 Å². The van der Waals surface area contributed by atoms with Gasteiger partial charge in [0.05, 0.1) is 13.7 Å². The summed E-state index contributed by atoms with van der Waals surface area (Å²) in [6.45, 7) is 2.33. The number of nitrogens with zero attached hydrogens (tertiary/aromatic N) is 1. The summed E-state index contributed by atoms with van der Waals surface area (Å²) in [4.78, 5) is 14.2. The predicted molar refractivity (Wildman–Crippen MR) is 97.1 cm³/mol. The van der Waals surface area contributed by atoms with Crippen molar-refractivity contribution < 1.29 is 18.9 Å². The Labute approximate surface area is 150 Å². The molecule has 2 N–H and O–H groups in total. The summed E-state index contributed by atoms with van der Waals surface area (Å²) < 4.78 is 16.5. The van der Waals surface area contributed by atoms with Crippen molar-refractivity contribution in [3.8, 4) is 5.75 Å². The van der Waals surface area contributed by atoms with E-state index in [0.29, 0.717) is 26.2 Å². The Morgan fingerprint density at radius 3 is 2.72 bits per heavy atom. The van der Waals surface area contributed by atoms with E-state index in [-0.39, 0.29) is 11.5 Å². The van der Waals surface area contributed by atoms with E-state index in [1.54, 1.807) is 20.1 Å². The molecule has 1 spiro atoms. The lowest BCUT2D eigenvalue weighted by molar-refractivity contribution is -0.0394. The van der Waals surface area contributed by atoms with Crippen LogP contribution in [0.25, 0.3) is 0 Å². The fraction of sp³-hybridized carbons (Fsp3) is 0.611. The van der Waals surface area contributed by atoms with Crippen LogP contribution in [-0.4, -0.2) is 51.4 Å². The normalized spacial score (nSPS) is 29.0. The first-order chi connectivity index (χ1) is 12.0. The lowest BCUT2D eigenvalue weighted by Crippen LogP contribution is -2.49. The first-order valence-corrected chi connectivity index (χ1v) is 8.84. The van der Waals surface area contributed by atoms with Gasteiger partial charge in [-0.05, 0) is 43.4 Å². The van der Waals surface area contributed by atoms with Gasteiger partial charge in [0.15, 0.2) is 0 Å². The maximum atomic E-state index is 12.4. The molecule has 1 aromatic rings. The van der Waals surface area contributed by atoms with Crippen molar-refractivity contribution in [1.29, 1.82) is 0 Å². The molecule has 0 aromatic heterocycles. The number of carbonyl (C=O) groups excluding carboxylic acids is 1. The average molecular weight is 346 g/mol. The molecule has 2 atom stereocenters. The second kappa shape index (κ2) is 7.26. The van der Waals surface area contributed by atoms with E-state index in [0.717, 1.165) is 37.0 Å². The lowest BCUT2D eigenvalue weighted by atomic mass is 9.67. The van der Waals surface area contributed by atoms with Gasteiger partial charge in [-0.15, -0.1) is 0 Å². The van der Waals surface area contributed by atoms with Gasteiger partial charge in [-0.2, -0.15) is 0 Å². The van der Waals surface area contributed by atoms with Crippen molar-refractivity contribution in [1.82, 2.24) is 4.90 Å². The molecule has 25 heavy (non-hydrogen) atoms. The Balaban J connectivity index is 1.70. The maximum absolute atomic E-state index is 12.4. The fourth-order valence-corrected chi connectivity index (χ4v) is 4.30. The molecule has 1 aromatic carbocycles. The maximum Gasteiger partial charge on any atom is 0.410 e. The first kappa shape index (κ1) is 18.1. The van der Waals surface area contributed by atoms with Gasteiger partial charge in [-0.25, -0.2) is 4.79 Å². The van der Waals surface area contributed by atoms with Crippen molar-refractivity contribution in [2.45, 2.75) is 37.8 Å². The van der Waals surface area contributed by atoms with Gasteiger partial charge in [0.1, 0.15) is 11.4 Å². The van der Waals surface area contributed by atoms with Crippen molar-refractivity contribution in [2.75, 3.05) is 26.8 Å². The summed E-state index contributed by atoms with van der Waals surface area (Å²) in [6, 6.07) is 7.77. The molecule has 136 valence electrons. The fourth-order valence-electron chi connectivity index (χ4n) is 4.30.